The number of nitrogens with zero attached hydrogens (tertiary/aromatic N) is 2. The van der Waals surface area contributed by atoms with Crippen LogP contribution in [-0.4, -0.2) is 22.5 Å². The first-order valence-electron chi connectivity index (χ1n) is 8.54. The average Bonchev–Trinajstić information content (AvgIpc) is 3.39. The van der Waals surface area contributed by atoms with Gasteiger partial charge in [-0.05, 0) is 37.3 Å². The second-order valence-corrected chi connectivity index (χ2v) is 6.56. The topological polar surface area (TPSA) is 64.1 Å². The number of rotatable bonds is 4. The van der Waals surface area contributed by atoms with E-state index < -0.39 is 0 Å². The Bertz CT molecular complexity index is 771. The summed E-state index contributed by atoms with van der Waals surface area (Å²) in [5, 5.41) is 2.91. The molecule has 2 heterocycles. The molecule has 5 nitrogen and oxygen atoms in total. The van der Waals surface area contributed by atoms with Crippen LogP contribution >= 0.6 is 0 Å². The summed E-state index contributed by atoms with van der Waals surface area (Å²) in [6.07, 6.45) is 3.39. The molecule has 24 heavy (non-hydrogen) atoms. The van der Waals surface area contributed by atoms with Crippen molar-refractivity contribution >= 4 is 11.7 Å². The van der Waals surface area contributed by atoms with Crippen molar-refractivity contribution in [2.45, 2.75) is 44.6 Å². The van der Waals surface area contributed by atoms with E-state index >= 15 is 0 Å². The zero-order valence-electron chi connectivity index (χ0n) is 13.8. The summed E-state index contributed by atoms with van der Waals surface area (Å²) in [6, 6.07) is 10.1. The molecular formula is C19H21N3O2. The van der Waals surface area contributed by atoms with Gasteiger partial charge in [-0.2, -0.15) is 0 Å². The third-order valence-electron chi connectivity index (χ3n) is 4.58. The molecule has 1 atom stereocenters. The Kier molecular flexibility index (Phi) is 4.02. The van der Waals surface area contributed by atoms with Gasteiger partial charge in [0, 0.05) is 17.7 Å². The smallest absolute Gasteiger partial charge is 0.228 e. The van der Waals surface area contributed by atoms with Gasteiger partial charge in [0.15, 0.2) is 0 Å². The minimum atomic E-state index is -0.180. The lowest BCUT2D eigenvalue weighted by Gasteiger charge is -2.25. The summed E-state index contributed by atoms with van der Waals surface area (Å²) < 4.78 is 5.81. The Morgan fingerprint density at radius 1 is 1.29 bits per heavy atom. The van der Waals surface area contributed by atoms with Crippen molar-refractivity contribution < 1.29 is 9.53 Å². The lowest BCUT2D eigenvalue weighted by Crippen LogP contribution is -2.22. The van der Waals surface area contributed by atoms with Gasteiger partial charge < -0.3 is 10.1 Å². The molecule has 0 saturated heterocycles. The number of ether oxygens (including phenoxy) is 1. The summed E-state index contributed by atoms with van der Waals surface area (Å²) in [6.45, 7) is 2.52. The molecule has 0 bridgehead atoms. The molecule has 0 radical (unpaired) electrons. The van der Waals surface area contributed by atoms with Gasteiger partial charge in [0.05, 0.1) is 19.1 Å². The van der Waals surface area contributed by atoms with Gasteiger partial charge >= 0.3 is 0 Å². The van der Waals surface area contributed by atoms with E-state index in [1.807, 2.05) is 31.2 Å². The molecule has 1 amide bonds. The van der Waals surface area contributed by atoms with Gasteiger partial charge in [-0.3, -0.25) is 4.79 Å². The van der Waals surface area contributed by atoms with E-state index in [2.05, 4.69) is 21.4 Å². The maximum Gasteiger partial charge on any atom is 0.228 e. The molecule has 1 saturated carbocycles. The summed E-state index contributed by atoms with van der Waals surface area (Å²) in [5.41, 5.74) is 3.43. The van der Waals surface area contributed by atoms with Crippen LogP contribution in [-0.2, 0) is 16.0 Å². The van der Waals surface area contributed by atoms with Crippen molar-refractivity contribution in [3.8, 4) is 0 Å². The summed E-state index contributed by atoms with van der Waals surface area (Å²) in [4.78, 5) is 21.2. The predicted molar refractivity (Wildman–Crippen MR) is 90.8 cm³/mol. The molecule has 1 aromatic heterocycles. The number of carbonyl (C=O) groups is 1. The van der Waals surface area contributed by atoms with Gasteiger partial charge in [-0.25, -0.2) is 9.97 Å². The number of fused-ring (bicyclic) bond motifs is 1. The normalized spacial score (nSPS) is 19.6. The zero-order valence-corrected chi connectivity index (χ0v) is 13.8. The Morgan fingerprint density at radius 2 is 2.12 bits per heavy atom. The van der Waals surface area contributed by atoms with Gasteiger partial charge in [-0.15, -0.1) is 0 Å². The van der Waals surface area contributed by atoms with Crippen molar-refractivity contribution in [2.24, 2.45) is 0 Å². The number of amides is 1. The maximum absolute atomic E-state index is 12.4. The number of carbonyl (C=O) groups excluding carboxylic acids is 1. The fourth-order valence-corrected chi connectivity index (χ4v) is 3.25. The van der Waals surface area contributed by atoms with Gasteiger partial charge in [-0.1, -0.05) is 24.3 Å². The lowest BCUT2D eigenvalue weighted by molar-refractivity contribution is -0.119. The molecular weight excluding hydrogens is 302 g/mol. The number of nitrogens with one attached hydrogen (secondary N) is 1. The minimum absolute atomic E-state index is 0.0726. The van der Waals surface area contributed by atoms with Crippen LogP contribution in [0.2, 0.25) is 0 Å². The number of aromatic nitrogens is 2. The van der Waals surface area contributed by atoms with Crippen LogP contribution in [0.5, 0.6) is 0 Å². The lowest BCUT2D eigenvalue weighted by atomic mass is 9.95. The van der Waals surface area contributed by atoms with Gasteiger partial charge in [0.1, 0.15) is 11.6 Å². The standard InChI is InChI=1S/C19H21N3O2/c1-12-20-16(14-6-7-14)10-18(21-12)22-19(23)11-17-15-5-3-2-4-13(15)8-9-24-17/h2-5,10,14,17H,6-9,11H2,1H3,(H,20,21,22,23). The second kappa shape index (κ2) is 6.32. The predicted octanol–water partition coefficient (Wildman–Crippen LogP) is 3.31. The molecule has 1 aliphatic carbocycles. The molecule has 1 N–H and O–H groups in total. The van der Waals surface area contributed by atoms with E-state index in [0.29, 0.717) is 30.6 Å². The fourth-order valence-electron chi connectivity index (χ4n) is 3.25. The minimum Gasteiger partial charge on any atom is -0.373 e. The van der Waals surface area contributed by atoms with Gasteiger partial charge in [0.2, 0.25) is 5.91 Å². The van der Waals surface area contributed by atoms with Crippen molar-refractivity contribution in [3.05, 3.63) is 53.0 Å². The second-order valence-electron chi connectivity index (χ2n) is 6.56. The van der Waals surface area contributed by atoms with Crippen LogP contribution in [0.1, 0.15) is 53.9 Å². The van der Waals surface area contributed by atoms with Crippen molar-refractivity contribution in [2.75, 3.05) is 11.9 Å². The summed E-state index contributed by atoms with van der Waals surface area (Å²) >= 11 is 0. The molecule has 0 spiro atoms. The first kappa shape index (κ1) is 15.3. The maximum atomic E-state index is 12.4. The highest BCUT2D eigenvalue weighted by atomic mass is 16.5. The Balaban J connectivity index is 1.46. The molecule has 2 aromatic rings. The Morgan fingerprint density at radius 3 is 2.96 bits per heavy atom. The van der Waals surface area contributed by atoms with E-state index in [1.54, 1.807) is 0 Å². The molecule has 1 fully saturated rings. The van der Waals surface area contributed by atoms with Crippen LogP contribution in [0, 0.1) is 6.92 Å². The van der Waals surface area contributed by atoms with Crippen molar-refractivity contribution in [3.63, 3.8) is 0 Å². The number of aryl methyl sites for hydroxylation is 1. The van der Waals surface area contributed by atoms with E-state index in [0.717, 1.165) is 17.7 Å². The fraction of sp³-hybridized carbons (Fsp3) is 0.421. The first-order valence-corrected chi connectivity index (χ1v) is 8.54. The van der Waals surface area contributed by atoms with E-state index in [9.17, 15) is 4.79 Å². The molecule has 1 unspecified atom stereocenters. The summed E-state index contributed by atoms with van der Waals surface area (Å²) in [5.74, 6) is 1.76. The molecule has 4 rings (SSSR count). The highest BCUT2D eigenvalue weighted by Gasteiger charge is 2.27. The Labute approximate surface area is 141 Å². The summed E-state index contributed by atoms with van der Waals surface area (Å²) in [7, 11) is 0. The van der Waals surface area contributed by atoms with Crippen LogP contribution in [0.15, 0.2) is 30.3 Å². The van der Waals surface area contributed by atoms with Gasteiger partial charge in [0.25, 0.3) is 0 Å². The number of benzene rings is 1. The van der Waals surface area contributed by atoms with Crippen molar-refractivity contribution in [1.82, 2.24) is 9.97 Å². The highest BCUT2D eigenvalue weighted by molar-refractivity contribution is 5.90. The van der Waals surface area contributed by atoms with Crippen LogP contribution < -0.4 is 5.32 Å². The number of hydrogen-bond donors (Lipinski definition) is 1. The molecule has 2 aliphatic rings. The number of anilines is 1. The van der Waals surface area contributed by atoms with Crippen LogP contribution in [0.4, 0.5) is 5.82 Å². The van der Waals surface area contributed by atoms with Crippen molar-refractivity contribution in [1.29, 1.82) is 0 Å². The average molecular weight is 323 g/mol. The molecule has 1 aliphatic heterocycles. The monoisotopic (exact) mass is 323 g/mol. The van der Waals surface area contributed by atoms with Crippen LogP contribution in [0.3, 0.4) is 0 Å². The SMILES string of the molecule is Cc1nc(NC(=O)CC2OCCc3ccccc32)cc(C2CC2)n1. The first-order chi connectivity index (χ1) is 11.7. The van der Waals surface area contributed by atoms with E-state index in [-0.39, 0.29) is 12.0 Å². The zero-order chi connectivity index (χ0) is 16.5. The third-order valence-corrected chi connectivity index (χ3v) is 4.58. The molecule has 124 valence electrons. The molecule has 1 aromatic carbocycles. The highest BCUT2D eigenvalue weighted by Crippen LogP contribution is 2.39. The Hall–Kier alpha value is -2.27. The number of hydrogen-bond acceptors (Lipinski definition) is 4. The largest absolute Gasteiger partial charge is 0.373 e. The quantitative estimate of drug-likeness (QED) is 0.937. The van der Waals surface area contributed by atoms with Crippen LogP contribution in [0.25, 0.3) is 0 Å². The van der Waals surface area contributed by atoms with E-state index in [4.69, 9.17) is 4.74 Å². The molecule has 5 heteroatoms. The third kappa shape index (κ3) is 3.31. The van der Waals surface area contributed by atoms with E-state index in [1.165, 1.54) is 18.4 Å².